The van der Waals surface area contributed by atoms with E-state index in [-0.39, 0.29) is 6.61 Å². The van der Waals surface area contributed by atoms with Crippen molar-refractivity contribution in [3.05, 3.63) is 45.9 Å². The molecule has 4 nitrogen and oxygen atoms in total. The maximum absolute atomic E-state index is 5.85. The number of aromatic nitrogens is 2. The van der Waals surface area contributed by atoms with Gasteiger partial charge in [0.05, 0.1) is 10.2 Å². The van der Waals surface area contributed by atoms with Gasteiger partial charge in [-0.05, 0) is 34.1 Å². The largest absolute Gasteiger partial charge is 0.482 e. The van der Waals surface area contributed by atoms with E-state index < -0.39 is 0 Å². The van der Waals surface area contributed by atoms with E-state index in [2.05, 4.69) is 25.9 Å². The maximum Gasteiger partial charge on any atom is 0.166 e. The van der Waals surface area contributed by atoms with Gasteiger partial charge in [0.1, 0.15) is 6.61 Å². The minimum Gasteiger partial charge on any atom is -0.482 e. The third kappa shape index (κ3) is 3.08. The van der Waals surface area contributed by atoms with Crippen molar-refractivity contribution in [1.82, 2.24) is 9.97 Å². The van der Waals surface area contributed by atoms with Gasteiger partial charge in [0.15, 0.2) is 11.6 Å². The molecule has 2 aromatic rings. The quantitative estimate of drug-likeness (QED) is 0.885. The van der Waals surface area contributed by atoms with Crippen molar-refractivity contribution in [2.24, 2.45) is 0 Å². The summed E-state index contributed by atoms with van der Waals surface area (Å²) in [5.41, 5.74) is 6.28. The van der Waals surface area contributed by atoms with E-state index in [0.717, 1.165) is 0 Å². The number of ether oxygens (including phenoxy) is 1. The molecule has 88 valence electrons. The molecular formula is C11H9BrClN3O. The number of halogens is 2. The molecule has 0 amide bonds. The van der Waals surface area contributed by atoms with Gasteiger partial charge >= 0.3 is 0 Å². The zero-order valence-electron chi connectivity index (χ0n) is 8.73. The fourth-order valence-corrected chi connectivity index (χ4v) is 2.22. The number of anilines is 1. The van der Waals surface area contributed by atoms with Gasteiger partial charge in [-0.2, -0.15) is 0 Å². The van der Waals surface area contributed by atoms with Crippen molar-refractivity contribution in [3.8, 4) is 5.75 Å². The average molecular weight is 315 g/mol. The highest BCUT2D eigenvalue weighted by atomic mass is 79.9. The monoisotopic (exact) mass is 313 g/mol. The molecule has 1 aromatic heterocycles. The molecule has 0 radical (unpaired) electrons. The Morgan fingerprint density at radius 1 is 1.29 bits per heavy atom. The van der Waals surface area contributed by atoms with Gasteiger partial charge in [-0.3, -0.25) is 0 Å². The van der Waals surface area contributed by atoms with Gasteiger partial charge < -0.3 is 10.5 Å². The van der Waals surface area contributed by atoms with Crippen LogP contribution >= 0.6 is 27.5 Å². The number of nitrogens with two attached hydrogens (primary N) is 1. The van der Waals surface area contributed by atoms with Crippen molar-refractivity contribution in [2.45, 2.75) is 6.61 Å². The highest BCUT2D eigenvalue weighted by Gasteiger charge is 2.08. The fourth-order valence-electron chi connectivity index (χ4n) is 1.27. The summed E-state index contributed by atoms with van der Waals surface area (Å²) >= 11 is 9.19. The minimum absolute atomic E-state index is 0.255. The van der Waals surface area contributed by atoms with E-state index in [0.29, 0.717) is 26.8 Å². The SMILES string of the molecule is Nc1cc(Cl)cc(Br)c1OCc1ncccn1. The molecule has 0 atom stereocenters. The number of nitrogen functional groups attached to an aromatic ring is 1. The van der Waals surface area contributed by atoms with Crippen LogP contribution in [0.2, 0.25) is 5.02 Å². The lowest BCUT2D eigenvalue weighted by molar-refractivity contribution is 0.295. The Kier molecular flexibility index (Phi) is 3.81. The molecule has 2 N–H and O–H groups in total. The predicted octanol–water partition coefficient (Wildman–Crippen LogP) is 3.05. The van der Waals surface area contributed by atoms with Crippen LogP contribution in [-0.4, -0.2) is 9.97 Å². The van der Waals surface area contributed by atoms with Crippen LogP contribution in [0.25, 0.3) is 0 Å². The minimum atomic E-state index is 0.255. The molecule has 17 heavy (non-hydrogen) atoms. The molecule has 0 saturated heterocycles. The summed E-state index contributed by atoms with van der Waals surface area (Å²) in [4.78, 5) is 8.10. The molecule has 1 heterocycles. The summed E-state index contributed by atoms with van der Waals surface area (Å²) < 4.78 is 6.26. The summed E-state index contributed by atoms with van der Waals surface area (Å²) in [5, 5.41) is 0.553. The first-order valence-electron chi connectivity index (χ1n) is 4.80. The molecule has 2 rings (SSSR count). The molecule has 0 fully saturated rings. The molecule has 0 aliphatic rings. The molecule has 0 aliphatic carbocycles. The second kappa shape index (κ2) is 5.33. The molecule has 0 spiro atoms. The van der Waals surface area contributed by atoms with Crippen molar-refractivity contribution in [2.75, 3.05) is 5.73 Å². The Bertz CT molecular complexity index is 498. The summed E-state index contributed by atoms with van der Waals surface area (Å²) in [6.07, 6.45) is 3.32. The van der Waals surface area contributed by atoms with E-state index in [4.69, 9.17) is 22.1 Å². The van der Waals surface area contributed by atoms with Crippen LogP contribution in [0.4, 0.5) is 5.69 Å². The first kappa shape index (κ1) is 12.1. The van der Waals surface area contributed by atoms with Crippen molar-refractivity contribution in [3.63, 3.8) is 0 Å². The average Bonchev–Trinajstić information content (AvgIpc) is 2.29. The number of hydrogen-bond acceptors (Lipinski definition) is 4. The Balaban J connectivity index is 2.15. The van der Waals surface area contributed by atoms with Crippen molar-refractivity contribution in [1.29, 1.82) is 0 Å². The zero-order chi connectivity index (χ0) is 12.3. The number of rotatable bonds is 3. The lowest BCUT2D eigenvalue weighted by Gasteiger charge is -2.10. The van der Waals surface area contributed by atoms with Crippen LogP contribution in [0.5, 0.6) is 5.75 Å². The standard InChI is InChI=1S/C11H9BrClN3O/c12-8-4-7(13)5-9(14)11(8)17-6-10-15-2-1-3-16-10/h1-5H,6,14H2. The van der Waals surface area contributed by atoms with Gasteiger partial charge in [-0.1, -0.05) is 11.6 Å². The molecule has 1 aromatic carbocycles. The Labute approximate surface area is 112 Å². The van der Waals surface area contributed by atoms with Gasteiger partial charge in [0.25, 0.3) is 0 Å². The van der Waals surface area contributed by atoms with E-state index in [9.17, 15) is 0 Å². The highest BCUT2D eigenvalue weighted by molar-refractivity contribution is 9.10. The number of benzene rings is 1. The summed E-state index contributed by atoms with van der Waals surface area (Å²) in [7, 11) is 0. The normalized spacial score (nSPS) is 10.2. The maximum atomic E-state index is 5.85. The van der Waals surface area contributed by atoms with Crippen LogP contribution < -0.4 is 10.5 Å². The summed E-state index contributed by atoms with van der Waals surface area (Å²) in [6, 6.07) is 5.10. The van der Waals surface area contributed by atoms with Crippen LogP contribution in [-0.2, 0) is 6.61 Å². The van der Waals surface area contributed by atoms with Crippen LogP contribution in [0.1, 0.15) is 5.82 Å². The van der Waals surface area contributed by atoms with Crippen LogP contribution in [0.3, 0.4) is 0 Å². The van der Waals surface area contributed by atoms with Crippen molar-refractivity contribution < 1.29 is 4.74 Å². The van der Waals surface area contributed by atoms with Gasteiger partial charge in [0.2, 0.25) is 0 Å². The molecule has 0 aliphatic heterocycles. The zero-order valence-corrected chi connectivity index (χ0v) is 11.1. The van der Waals surface area contributed by atoms with Crippen LogP contribution in [0.15, 0.2) is 35.1 Å². The Hall–Kier alpha value is -1.33. The molecule has 0 bridgehead atoms. The van der Waals surface area contributed by atoms with Gasteiger partial charge in [0, 0.05) is 17.4 Å². The Morgan fingerprint density at radius 3 is 2.65 bits per heavy atom. The lowest BCUT2D eigenvalue weighted by atomic mass is 10.3. The first-order valence-corrected chi connectivity index (χ1v) is 5.97. The number of hydrogen-bond donors (Lipinski definition) is 1. The lowest BCUT2D eigenvalue weighted by Crippen LogP contribution is -2.03. The third-order valence-electron chi connectivity index (χ3n) is 2.00. The van der Waals surface area contributed by atoms with E-state index >= 15 is 0 Å². The van der Waals surface area contributed by atoms with Crippen molar-refractivity contribution >= 4 is 33.2 Å². The second-order valence-corrected chi connectivity index (χ2v) is 4.55. The van der Waals surface area contributed by atoms with Crippen LogP contribution in [0, 0.1) is 0 Å². The molecular weight excluding hydrogens is 305 g/mol. The van der Waals surface area contributed by atoms with Gasteiger partial charge in [-0.15, -0.1) is 0 Å². The topological polar surface area (TPSA) is 61.0 Å². The highest BCUT2D eigenvalue weighted by Crippen LogP contribution is 2.34. The van der Waals surface area contributed by atoms with E-state index in [1.54, 1.807) is 30.6 Å². The predicted molar refractivity (Wildman–Crippen MR) is 69.9 cm³/mol. The first-order chi connectivity index (χ1) is 8.16. The smallest absolute Gasteiger partial charge is 0.166 e. The number of nitrogens with zero attached hydrogens (tertiary/aromatic N) is 2. The molecule has 0 unspecified atom stereocenters. The summed E-state index contributed by atoms with van der Waals surface area (Å²) in [5.74, 6) is 1.13. The molecule has 6 heteroatoms. The van der Waals surface area contributed by atoms with E-state index in [1.807, 2.05) is 0 Å². The van der Waals surface area contributed by atoms with E-state index in [1.165, 1.54) is 0 Å². The third-order valence-corrected chi connectivity index (χ3v) is 2.81. The summed E-state index contributed by atoms with van der Waals surface area (Å²) in [6.45, 7) is 0.255. The van der Waals surface area contributed by atoms with Gasteiger partial charge in [-0.25, -0.2) is 9.97 Å². The Morgan fingerprint density at radius 2 is 2.00 bits per heavy atom. The second-order valence-electron chi connectivity index (χ2n) is 3.26. The molecule has 0 saturated carbocycles. The fraction of sp³-hybridized carbons (Fsp3) is 0.0909.